The van der Waals surface area contributed by atoms with Crippen LogP contribution in [0.4, 0.5) is 0 Å². The van der Waals surface area contributed by atoms with Crippen LogP contribution < -0.4 is 5.32 Å². The Balaban J connectivity index is 1.65. The maximum atomic E-state index is 11.7. The van der Waals surface area contributed by atoms with E-state index >= 15 is 0 Å². The molecule has 1 saturated heterocycles. The minimum Gasteiger partial charge on any atom is -0.342 e. The van der Waals surface area contributed by atoms with E-state index in [4.69, 9.17) is 0 Å². The highest BCUT2D eigenvalue weighted by molar-refractivity contribution is 7.99. The molecule has 1 aliphatic carbocycles. The number of nitrogens with one attached hydrogen (secondary N) is 1. The number of hydrogen-bond donors (Lipinski definition) is 1. The minimum atomic E-state index is 0.257. The van der Waals surface area contributed by atoms with E-state index in [-0.39, 0.29) is 5.91 Å². The summed E-state index contributed by atoms with van der Waals surface area (Å²) in [6.07, 6.45) is 4.91. The molecule has 1 amide bonds. The lowest BCUT2D eigenvalue weighted by Gasteiger charge is -2.24. The standard InChI is InChI=1S/C11H20N2OS/c1-13(10-4-5-10)11(14)7-12-9-3-2-6-15-8-9/h9-10,12H,2-8H2,1H3. The molecule has 0 bridgehead atoms. The first kappa shape index (κ1) is 11.3. The lowest BCUT2D eigenvalue weighted by molar-refractivity contribution is -0.129. The SMILES string of the molecule is CN(C(=O)CNC1CCCSC1)C1CC1. The van der Waals surface area contributed by atoms with Crippen molar-refractivity contribution in [2.45, 2.75) is 37.8 Å². The number of amides is 1. The summed E-state index contributed by atoms with van der Waals surface area (Å²) >= 11 is 1.99. The highest BCUT2D eigenvalue weighted by Gasteiger charge is 2.29. The van der Waals surface area contributed by atoms with Crippen LogP contribution in [-0.2, 0) is 4.79 Å². The molecule has 2 aliphatic rings. The number of rotatable bonds is 4. The van der Waals surface area contributed by atoms with Crippen molar-refractivity contribution < 1.29 is 4.79 Å². The average molecular weight is 228 g/mol. The van der Waals surface area contributed by atoms with Gasteiger partial charge < -0.3 is 10.2 Å². The van der Waals surface area contributed by atoms with Gasteiger partial charge in [-0.3, -0.25) is 4.79 Å². The van der Waals surface area contributed by atoms with Crippen LogP contribution in [0.2, 0.25) is 0 Å². The van der Waals surface area contributed by atoms with Crippen molar-refractivity contribution in [3.63, 3.8) is 0 Å². The first-order valence-electron chi connectivity index (χ1n) is 5.84. The van der Waals surface area contributed by atoms with Crippen molar-refractivity contribution in [1.29, 1.82) is 0 Å². The molecule has 3 nitrogen and oxygen atoms in total. The van der Waals surface area contributed by atoms with Gasteiger partial charge in [0.1, 0.15) is 0 Å². The molecule has 86 valence electrons. The third-order valence-electron chi connectivity index (χ3n) is 3.19. The van der Waals surface area contributed by atoms with E-state index in [1.165, 1.54) is 37.2 Å². The average Bonchev–Trinajstić information content (AvgIpc) is 3.10. The fourth-order valence-corrected chi connectivity index (χ4v) is 3.03. The Morgan fingerprint density at radius 3 is 2.87 bits per heavy atom. The second-order valence-electron chi connectivity index (χ2n) is 4.53. The highest BCUT2D eigenvalue weighted by atomic mass is 32.2. The third kappa shape index (κ3) is 3.38. The molecule has 4 heteroatoms. The van der Waals surface area contributed by atoms with E-state index in [1.54, 1.807) is 0 Å². The normalized spacial score (nSPS) is 26.3. The quantitative estimate of drug-likeness (QED) is 0.782. The summed E-state index contributed by atoms with van der Waals surface area (Å²) in [5.41, 5.74) is 0. The topological polar surface area (TPSA) is 32.3 Å². The van der Waals surface area contributed by atoms with Gasteiger partial charge in [0.25, 0.3) is 0 Å². The summed E-state index contributed by atoms with van der Waals surface area (Å²) in [6, 6.07) is 1.10. The molecule has 0 spiro atoms. The van der Waals surface area contributed by atoms with Gasteiger partial charge in [-0.2, -0.15) is 11.8 Å². The zero-order valence-electron chi connectivity index (χ0n) is 9.37. The van der Waals surface area contributed by atoms with Crippen molar-refractivity contribution >= 4 is 17.7 Å². The van der Waals surface area contributed by atoms with Gasteiger partial charge in [-0.05, 0) is 31.4 Å². The van der Waals surface area contributed by atoms with Gasteiger partial charge in [-0.1, -0.05) is 0 Å². The lowest BCUT2D eigenvalue weighted by Crippen LogP contribution is -2.42. The second-order valence-corrected chi connectivity index (χ2v) is 5.68. The molecule has 1 saturated carbocycles. The van der Waals surface area contributed by atoms with Crippen LogP contribution in [0.15, 0.2) is 0 Å². The molecule has 2 rings (SSSR count). The molecular weight excluding hydrogens is 208 g/mol. The van der Waals surface area contributed by atoms with E-state index < -0.39 is 0 Å². The molecule has 1 aliphatic heterocycles. The monoisotopic (exact) mass is 228 g/mol. The van der Waals surface area contributed by atoms with Crippen LogP contribution in [0.25, 0.3) is 0 Å². The number of thioether (sulfide) groups is 1. The Kier molecular flexibility index (Phi) is 3.92. The fraction of sp³-hybridized carbons (Fsp3) is 0.909. The second kappa shape index (κ2) is 5.21. The summed E-state index contributed by atoms with van der Waals surface area (Å²) in [7, 11) is 1.93. The Morgan fingerprint density at radius 1 is 1.47 bits per heavy atom. The maximum absolute atomic E-state index is 11.7. The van der Waals surface area contributed by atoms with Gasteiger partial charge in [0.2, 0.25) is 5.91 Å². The molecule has 1 heterocycles. The number of likely N-dealkylation sites (N-methyl/N-ethyl adjacent to an activating group) is 1. The largest absolute Gasteiger partial charge is 0.342 e. The van der Waals surface area contributed by atoms with E-state index in [2.05, 4.69) is 5.32 Å². The van der Waals surface area contributed by atoms with Crippen LogP contribution in [0.5, 0.6) is 0 Å². The zero-order valence-corrected chi connectivity index (χ0v) is 10.2. The molecule has 1 N–H and O–H groups in total. The molecule has 0 aromatic carbocycles. The summed E-state index contributed by atoms with van der Waals surface area (Å²) < 4.78 is 0. The van der Waals surface area contributed by atoms with Crippen molar-refractivity contribution in [3.05, 3.63) is 0 Å². The van der Waals surface area contributed by atoms with Gasteiger partial charge in [-0.25, -0.2) is 0 Å². The van der Waals surface area contributed by atoms with E-state index in [9.17, 15) is 4.79 Å². The van der Waals surface area contributed by atoms with Crippen LogP contribution in [0, 0.1) is 0 Å². The Bertz CT molecular complexity index is 225. The van der Waals surface area contributed by atoms with Crippen LogP contribution >= 0.6 is 11.8 Å². The first-order valence-corrected chi connectivity index (χ1v) is 6.99. The van der Waals surface area contributed by atoms with Crippen molar-refractivity contribution in [2.75, 3.05) is 25.1 Å². The summed E-state index contributed by atoms with van der Waals surface area (Å²) in [6.45, 7) is 0.526. The van der Waals surface area contributed by atoms with Crippen LogP contribution in [0.1, 0.15) is 25.7 Å². The Hall–Kier alpha value is -0.220. The van der Waals surface area contributed by atoms with Crippen LogP contribution in [0.3, 0.4) is 0 Å². The molecule has 15 heavy (non-hydrogen) atoms. The lowest BCUT2D eigenvalue weighted by atomic mass is 10.2. The fourth-order valence-electron chi connectivity index (χ4n) is 1.92. The van der Waals surface area contributed by atoms with Crippen molar-refractivity contribution in [3.8, 4) is 0 Å². The van der Waals surface area contributed by atoms with Crippen LogP contribution in [-0.4, -0.2) is 48.0 Å². The number of carbonyl (C=O) groups excluding carboxylic acids is 1. The van der Waals surface area contributed by atoms with Gasteiger partial charge in [0.15, 0.2) is 0 Å². The summed E-state index contributed by atoms with van der Waals surface area (Å²) in [5.74, 6) is 2.71. The third-order valence-corrected chi connectivity index (χ3v) is 4.41. The van der Waals surface area contributed by atoms with E-state index in [1.807, 2.05) is 23.7 Å². The number of carbonyl (C=O) groups is 1. The molecule has 2 fully saturated rings. The summed E-state index contributed by atoms with van der Waals surface area (Å²) in [4.78, 5) is 13.6. The smallest absolute Gasteiger partial charge is 0.236 e. The maximum Gasteiger partial charge on any atom is 0.236 e. The molecule has 1 unspecified atom stereocenters. The van der Waals surface area contributed by atoms with E-state index in [0.29, 0.717) is 18.6 Å². The van der Waals surface area contributed by atoms with Gasteiger partial charge in [0, 0.05) is 24.9 Å². The van der Waals surface area contributed by atoms with E-state index in [0.717, 1.165) is 0 Å². The molecule has 0 aromatic heterocycles. The summed E-state index contributed by atoms with van der Waals surface area (Å²) in [5, 5.41) is 3.37. The number of hydrogen-bond acceptors (Lipinski definition) is 3. The predicted octanol–water partition coefficient (Wildman–Crippen LogP) is 1.09. The van der Waals surface area contributed by atoms with Gasteiger partial charge >= 0.3 is 0 Å². The van der Waals surface area contributed by atoms with Crippen molar-refractivity contribution in [2.24, 2.45) is 0 Å². The molecule has 0 radical (unpaired) electrons. The number of nitrogens with zero attached hydrogens (tertiary/aromatic N) is 1. The minimum absolute atomic E-state index is 0.257. The molecule has 0 aromatic rings. The molecule has 1 atom stereocenters. The van der Waals surface area contributed by atoms with Crippen molar-refractivity contribution in [1.82, 2.24) is 10.2 Å². The van der Waals surface area contributed by atoms with Gasteiger partial charge in [0.05, 0.1) is 6.54 Å². The predicted molar refractivity (Wildman–Crippen MR) is 64.1 cm³/mol. The Labute approximate surface area is 96.0 Å². The Morgan fingerprint density at radius 2 is 2.27 bits per heavy atom. The molecular formula is C11H20N2OS. The zero-order chi connectivity index (χ0) is 10.7. The van der Waals surface area contributed by atoms with Gasteiger partial charge in [-0.15, -0.1) is 0 Å². The first-order chi connectivity index (χ1) is 7.27. The highest BCUT2D eigenvalue weighted by Crippen LogP contribution is 2.25.